The molecule has 10 heteroatoms. The molecule has 0 aliphatic heterocycles. The molecule has 164 valence electrons. The zero-order valence-corrected chi connectivity index (χ0v) is 17.5. The number of aryl methyl sites for hydroxylation is 1. The van der Waals surface area contributed by atoms with Gasteiger partial charge in [0.1, 0.15) is 11.6 Å². The van der Waals surface area contributed by atoms with Gasteiger partial charge in [-0.3, -0.25) is 18.9 Å². The van der Waals surface area contributed by atoms with E-state index in [4.69, 9.17) is 4.74 Å². The van der Waals surface area contributed by atoms with E-state index in [0.29, 0.717) is 6.61 Å². The Bertz CT molecular complexity index is 1380. The first-order chi connectivity index (χ1) is 15.5. The van der Waals surface area contributed by atoms with Crippen LogP contribution in [-0.4, -0.2) is 31.9 Å². The molecule has 0 amide bonds. The number of H-pyrrole nitrogens is 1. The molecule has 4 rings (SSSR count). The van der Waals surface area contributed by atoms with Crippen molar-refractivity contribution in [2.24, 2.45) is 12.1 Å². The Morgan fingerprint density at radius 1 is 1.16 bits per heavy atom. The summed E-state index contributed by atoms with van der Waals surface area (Å²) in [5, 5.41) is 4.22. The van der Waals surface area contributed by atoms with E-state index in [9.17, 15) is 14.0 Å². The van der Waals surface area contributed by atoms with Crippen molar-refractivity contribution >= 4 is 23.3 Å². The summed E-state index contributed by atoms with van der Waals surface area (Å²) < 4.78 is 21.6. The first kappa shape index (κ1) is 21.0. The van der Waals surface area contributed by atoms with Crippen molar-refractivity contribution in [3.63, 3.8) is 0 Å². The second kappa shape index (κ2) is 8.88. The van der Waals surface area contributed by atoms with Crippen molar-refractivity contribution in [3.8, 4) is 5.75 Å². The van der Waals surface area contributed by atoms with Crippen LogP contribution in [0.15, 0.2) is 63.2 Å². The average molecular weight is 436 g/mol. The number of nitrogens with one attached hydrogen (secondary N) is 2. The van der Waals surface area contributed by atoms with Gasteiger partial charge in [0.2, 0.25) is 5.95 Å². The Labute approximate surface area is 181 Å². The molecule has 4 aromatic rings. The fourth-order valence-corrected chi connectivity index (χ4v) is 3.23. The molecule has 0 bridgehead atoms. The number of imidazole rings is 1. The lowest BCUT2D eigenvalue weighted by molar-refractivity contribution is 0.340. The maximum absolute atomic E-state index is 13.3. The van der Waals surface area contributed by atoms with Crippen molar-refractivity contribution in [1.82, 2.24) is 19.1 Å². The first-order valence-electron chi connectivity index (χ1n) is 9.92. The van der Waals surface area contributed by atoms with E-state index in [1.54, 1.807) is 22.9 Å². The third-order valence-corrected chi connectivity index (χ3v) is 4.83. The van der Waals surface area contributed by atoms with E-state index in [-0.39, 0.29) is 29.5 Å². The quantitative estimate of drug-likeness (QED) is 0.342. The minimum Gasteiger partial charge on any atom is -0.494 e. The molecule has 0 aliphatic carbocycles. The number of hydrogen-bond acceptors (Lipinski definition) is 6. The van der Waals surface area contributed by atoms with Crippen LogP contribution in [0.5, 0.6) is 5.75 Å². The Morgan fingerprint density at radius 3 is 2.56 bits per heavy atom. The Hall–Kier alpha value is -4.21. The van der Waals surface area contributed by atoms with Gasteiger partial charge in [-0.25, -0.2) is 14.6 Å². The molecule has 0 unspecified atom stereocenters. The summed E-state index contributed by atoms with van der Waals surface area (Å²) in [5.41, 5.74) is 3.69. The molecule has 2 N–H and O–H groups in total. The van der Waals surface area contributed by atoms with Crippen molar-refractivity contribution < 1.29 is 9.13 Å². The van der Waals surface area contributed by atoms with Gasteiger partial charge in [0.15, 0.2) is 11.2 Å². The van der Waals surface area contributed by atoms with Gasteiger partial charge in [0.05, 0.1) is 19.4 Å². The standard InChI is InChI=1S/C22H21FN6O3/c1-3-32-17-10-6-14(7-11-17)12-24-27-21-25-19-18(20(30)26-22(31)28(19)2)29(21)13-15-4-8-16(23)9-5-15/h4-12H,3,13H2,1-2H3,(H,25,27)(H,26,30,31). The summed E-state index contributed by atoms with van der Waals surface area (Å²) in [6.07, 6.45) is 1.60. The molecule has 0 saturated carbocycles. The van der Waals surface area contributed by atoms with Gasteiger partial charge in [-0.05, 0) is 54.4 Å². The van der Waals surface area contributed by atoms with Crippen molar-refractivity contribution in [3.05, 3.63) is 86.3 Å². The fraction of sp³-hybridized carbons (Fsp3) is 0.182. The van der Waals surface area contributed by atoms with E-state index >= 15 is 0 Å². The minimum atomic E-state index is -0.571. The van der Waals surface area contributed by atoms with Crippen LogP contribution in [0.25, 0.3) is 11.2 Å². The van der Waals surface area contributed by atoms with Crippen LogP contribution in [0, 0.1) is 5.82 Å². The zero-order valence-electron chi connectivity index (χ0n) is 17.5. The average Bonchev–Trinajstić information content (AvgIpc) is 3.14. The second-order valence-electron chi connectivity index (χ2n) is 7.01. The van der Waals surface area contributed by atoms with Gasteiger partial charge in [-0.15, -0.1) is 0 Å². The van der Waals surface area contributed by atoms with Crippen LogP contribution < -0.4 is 21.4 Å². The summed E-state index contributed by atoms with van der Waals surface area (Å²) >= 11 is 0. The molecule has 32 heavy (non-hydrogen) atoms. The smallest absolute Gasteiger partial charge is 0.329 e. The number of hydrazone groups is 1. The zero-order chi connectivity index (χ0) is 22.7. The SMILES string of the molecule is CCOc1ccc(C=NNc2nc3c(c(=O)[nH]c(=O)n3C)n2Cc2ccc(F)cc2)cc1. The number of ether oxygens (including phenoxy) is 1. The van der Waals surface area contributed by atoms with Gasteiger partial charge in [0, 0.05) is 7.05 Å². The Kier molecular flexibility index (Phi) is 5.84. The largest absolute Gasteiger partial charge is 0.494 e. The Balaban J connectivity index is 1.70. The van der Waals surface area contributed by atoms with Crippen LogP contribution in [0.2, 0.25) is 0 Å². The lowest BCUT2D eigenvalue weighted by Gasteiger charge is -2.08. The summed E-state index contributed by atoms with van der Waals surface area (Å²) in [6.45, 7) is 2.72. The number of anilines is 1. The highest BCUT2D eigenvalue weighted by Crippen LogP contribution is 2.18. The van der Waals surface area contributed by atoms with Gasteiger partial charge >= 0.3 is 5.69 Å². The molecule has 0 radical (unpaired) electrons. The van der Waals surface area contributed by atoms with E-state index in [0.717, 1.165) is 16.9 Å². The van der Waals surface area contributed by atoms with E-state index < -0.39 is 11.2 Å². The normalized spacial score (nSPS) is 11.3. The molecule has 2 aromatic carbocycles. The van der Waals surface area contributed by atoms with E-state index in [1.807, 2.05) is 31.2 Å². The van der Waals surface area contributed by atoms with Crippen LogP contribution in [0.1, 0.15) is 18.1 Å². The van der Waals surface area contributed by atoms with Gasteiger partial charge in [-0.2, -0.15) is 10.1 Å². The monoisotopic (exact) mass is 436 g/mol. The molecular formula is C22H21FN6O3. The highest BCUT2D eigenvalue weighted by molar-refractivity contribution is 5.80. The third-order valence-electron chi connectivity index (χ3n) is 4.83. The van der Waals surface area contributed by atoms with Gasteiger partial charge < -0.3 is 4.74 Å². The molecule has 0 aliphatic rings. The number of aromatic nitrogens is 4. The fourth-order valence-electron chi connectivity index (χ4n) is 3.23. The molecule has 2 aromatic heterocycles. The molecule has 9 nitrogen and oxygen atoms in total. The number of benzene rings is 2. The van der Waals surface area contributed by atoms with Crippen LogP contribution in [0.3, 0.4) is 0 Å². The molecule has 0 atom stereocenters. The Morgan fingerprint density at radius 2 is 1.88 bits per heavy atom. The topological polar surface area (TPSA) is 106 Å². The summed E-state index contributed by atoms with van der Waals surface area (Å²) in [7, 11) is 1.52. The number of halogens is 1. The number of hydrogen-bond donors (Lipinski definition) is 2. The van der Waals surface area contributed by atoms with Gasteiger partial charge in [0.25, 0.3) is 5.56 Å². The molecule has 0 saturated heterocycles. The number of fused-ring (bicyclic) bond motifs is 1. The van der Waals surface area contributed by atoms with Crippen LogP contribution >= 0.6 is 0 Å². The summed E-state index contributed by atoms with van der Waals surface area (Å²) in [4.78, 5) is 31.2. The van der Waals surface area contributed by atoms with Crippen LogP contribution in [0.4, 0.5) is 10.3 Å². The maximum Gasteiger partial charge on any atom is 0.329 e. The first-order valence-corrected chi connectivity index (χ1v) is 9.92. The van der Waals surface area contributed by atoms with Crippen molar-refractivity contribution in [2.75, 3.05) is 12.0 Å². The molecule has 0 fully saturated rings. The summed E-state index contributed by atoms with van der Waals surface area (Å²) in [5.74, 6) is 0.667. The highest BCUT2D eigenvalue weighted by Gasteiger charge is 2.17. The maximum atomic E-state index is 13.3. The molecular weight excluding hydrogens is 415 g/mol. The molecule has 2 heterocycles. The van der Waals surface area contributed by atoms with E-state index in [2.05, 4.69) is 20.5 Å². The minimum absolute atomic E-state index is 0.204. The number of aromatic amines is 1. The lowest BCUT2D eigenvalue weighted by Crippen LogP contribution is -2.29. The predicted molar refractivity (Wildman–Crippen MR) is 120 cm³/mol. The molecule has 0 spiro atoms. The third kappa shape index (κ3) is 4.29. The van der Waals surface area contributed by atoms with E-state index in [1.165, 1.54) is 23.7 Å². The van der Waals surface area contributed by atoms with Crippen LogP contribution in [-0.2, 0) is 13.6 Å². The van der Waals surface area contributed by atoms with Gasteiger partial charge in [-0.1, -0.05) is 12.1 Å². The predicted octanol–water partition coefficient (Wildman–Crippen LogP) is 2.46. The highest BCUT2D eigenvalue weighted by atomic mass is 19.1. The second-order valence-corrected chi connectivity index (χ2v) is 7.01. The number of rotatable bonds is 7. The van der Waals surface area contributed by atoms with Crippen molar-refractivity contribution in [1.29, 1.82) is 0 Å². The lowest BCUT2D eigenvalue weighted by atomic mass is 10.2. The number of nitrogens with zero attached hydrogens (tertiary/aromatic N) is 4. The van der Waals surface area contributed by atoms with Crippen molar-refractivity contribution in [2.45, 2.75) is 13.5 Å². The summed E-state index contributed by atoms with van der Waals surface area (Å²) in [6, 6.07) is 13.3.